The van der Waals surface area contributed by atoms with Crippen molar-refractivity contribution < 1.29 is 8.83 Å². The molecular weight excluding hydrogens is 893 g/mol. The molecule has 4 aromatic heterocycles. The first-order valence-corrected chi connectivity index (χ1v) is 25.4. The molecule has 0 saturated carbocycles. The van der Waals surface area contributed by atoms with E-state index in [4.69, 9.17) is 8.83 Å². The molecule has 4 heterocycles. The molecule has 330 valence electrons. The quantitative estimate of drug-likeness (QED) is 0.166. The van der Waals surface area contributed by atoms with Gasteiger partial charge in [-0.3, -0.25) is 0 Å². The summed E-state index contributed by atoms with van der Waals surface area (Å²) < 4.78 is 18.5. The zero-order chi connectivity index (χ0) is 46.2. The van der Waals surface area contributed by atoms with E-state index in [1.165, 1.54) is 73.0 Å². The lowest BCUT2D eigenvalue weighted by molar-refractivity contribution is 0.668. The number of fused-ring (bicyclic) bond motifs is 15. The van der Waals surface area contributed by atoms with Gasteiger partial charge in [-0.25, -0.2) is 0 Å². The van der Waals surface area contributed by atoms with Gasteiger partial charge in [0.2, 0.25) is 0 Å². The third kappa shape index (κ3) is 5.87. The normalized spacial score (nSPS) is 12.1. The van der Waals surface area contributed by atoms with Crippen molar-refractivity contribution in [2.45, 2.75) is 13.8 Å². The second-order valence-corrected chi connectivity index (χ2v) is 20.7. The van der Waals surface area contributed by atoms with Crippen LogP contribution in [0.25, 0.3) is 106 Å². The van der Waals surface area contributed by atoms with E-state index in [9.17, 15) is 0 Å². The van der Waals surface area contributed by atoms with Gasteiger partial charge in [0.15, 0.2) is 11.2 Å². The molecule has 0 N–H and O–H groups in total. The highest BCUT2D eigenvalue weighted by atomic mass is 32.1. The van der Waals surface area contributed by atoms with Crippen LogP contribution in [0.15, 0.2) is 215 Å². The summed E-state index contributed by atoms with van der Waals surface area (Å²) in [4.78, 5) is 4.73. The number of hydrogen-bond acceptors (Lipinski definition) is 6. The summed E-state index contributed by atoms with van der Waals surface area (Å²) in [6.07, 6.45) is 0. The van der Waals surface area contributed by atoms with Crippen molar-refractivity contribution in [3.05, 3.63) is 217 Å². The van der Waals surface area contributed by atoms with Gasteiger partial charge in [-0.1, -0.05) is 109 Å². The Morgan fingerprint density at radius 1 is 0.314 bits per heavy atom. The minimum Gasteiger partial charge on any atom is -0.454 e. The molecule has 0 radical (unpaired) electrons. The summed E-state index contributed by atoms with van der Waals surface area (Å²) in [6, 6.07) is 75.0. The maximum absolute atomic E-state index is 6.64. The van der Waals surface area contributed by atoms with Crippen LogP contribution in [0.1, 0.15) is 11.1 Å². The molecule has 4 nitrogen and oxygen atoms in total. The first-order valence-electron chi connectivity index (χ1n) is 23.7. The molecule has 70 heavy (non-hydrogen) atoms. The lowest BCUT2D eigenvalue weighted by atomic mass is 10.00. The van der Waals surface area contributed by atoms with E-state index in [2.05, 4.69) is 218 Å². The van der Waals surface area contributed by atoms with Crippen LogP contribution in [0.4, 0.5) is 34.1 Å². The molecule has 15 aromatic rings. The van der Waals surface area contributed by atoms with Crippen LogP contribution in [-0.2, 0) is 0 Å². The molecule has 15 rings (SSSR count). The number of thiophene rings is 2. The van der Waals surface area contributed by atoms with Gasteiger partial charge >= 0.3 is 0 Å². The maximum atomic E-state index is 6.64. The summed E-state index contributed by atoms with van der Waals surface area (Å²) in [7, 11) is 0. The molecular formula is C64H40N2O2S2. The van der Waals surface area contributed by atoms with Crippen LogP contribution in [-0.4, -0.2) is 0 Å². The molecule has 6 heteroatoms. The van der Waals surface area contributed by atoms with Crippen molar-refractivity contribution in [2.75, 3.05) is 9.80 Å². The van der Waals surface area contributed by atoms with Crippen LogP contribution in [0.2, 0.25) is 0 Å². The summed E-state index contributed by atoms with van der Waals surface area (Å²) in [6.45, 7) is 4.37. The molecule has 11 aromatic carbocycles. The third-order valence-electron chi connectivity index (χ3n) is 14.4. The van der Waals surface area contributed by atoms with Gasteiger partial charge in [0.1, 0.15) is 11.2 Å². The highest BCUT2D eigenvalue weighted by Crippen LogP contribution is 2.49. The molecule has 0 saturated heterocycles. The smallest absolute Gasteiger partial charge is 0.159 e. The predicted molar refractivity (Wildman–Crippen MR) is 301 cm³/mol. The number of para-hydroxylation sites is 6. The highest BCUT2D eigenvalue weighted by Gasteiger charge is 2.24. The van der Waals surface area contributed by atoms with E-state index in [1.54, 1.807) is 0 Å². The van der Waals surface area contributed by atoms with Crippen molar-refractivity contribution in [3.8, 4) is 0 Å². The number of aryl methyl sites for hydroxylation is 2. The lowest BCUT2D eigenvalue weighted by Crippen LogP contribution is -2.11. The summed E-state index contributed by atoms with van der Waals surface area (Å²) >= 11 is 3.77. The average molecular weight is 933 g/mol. The monoisotopic (exact) mass is 932 g/mol. The highest BCUT2D eigenvalue weighted by molar-refractivity contribution is 7.28. The summed E-state index contributed by atoms with van der Waals surface area (Å²) in [5, 5.41) is 14.6. The van der Waals surface area contributed by atoms with Gasteiger partial charge in [0.05, 0.1) is 11.4 Å². The SMILES string of the molecule is Cc1ccccc1N(c1ccc2cc3c(cc2c1)sc1ccc2sc4cc5cc(N(c6ccccc6C)c6cccc7c6oc6ccccc67)ccc5cc4c2c13)c1cccc2c1oc1ccccc12. The van der Waals surface area contributed by atoms with Crippen LogP contribution in [0, 0.1) is 13.8 Å². The number of anilines is 6. The second-order valence-electron chi connectivity index (χ2n) is 18.5. The zero-order valence-electron chi connectivity index (χ0n) is 38.2. The van der Waals surface area contributed by atoms with Gasteiger partial charge in [0, 0.05) is 84.6 Å². The van der Waals surface area contributed by atoms with Crippen molar-refractivity contribution in [3.63, 3.8) is 0 Å². The molecule has 0 aliphatic carbocycles. The first-order chi connectivity index (χ1) is 34.5. The number of nitrogens with zero attached hydrogens (tertiary/aromatic N) is 2. The minimum atomic E-state index is 0.883. The Morgan fingerprint density at radius 3 is 1.20 bits per heavy atom. The van der Waals surface area contributed by atoms with Crippen molar-refractivity contribution in [1.29, 1.82) is 0 Å². The van der Waals surface area contributed by atoms with E-state index in [0.717, 1.165) is 78.0 Å². The van der Waals surface area contributed by atoms with E-state index < -0.39 is 0 Å². The molecule has 0 fully saturated rings. The van der Waals surface area contributed by atoms with Gasteiger partial charge in [-0.2, -0.15) is 0 Å². The van der Waals surface area contributed by atoms with Crippen LogP contribution in [0.3, 0.4) is 0 Å². The van der Waals surface area contributed by atoms with Gasteiger partial charge < -0.3 is 18.6 Å². The minimum absolute atomic E-state index is 0.883. The number of benzene rings is 11. The van der Waals surface area contributed by atoms with Crippen LogP contribution >= 0.6 is 22.7 Å². The summed E-state index contributed by atoms with van der Waals surface area (Å²) in [5.41, 5.74) is 12.4. The van der Waals surface area contributed by atoms with Gasteiger partial charge in [-0.15, -0.1) is 22.7 Å². The number of furan rings is 2. The van der Waals surface area contributed by atoms with E-state index >= 15 is 0 Å². The van der Waals surface area contributed by atoms with E-state index in [1.807, 2.05) is 34.8 Å². The van der Waals surface area contributed by atoms with Crippen molar-refractivity contribution in [2.24, 2.45) is 0 Å². The Balaban J connectivity index is 0.873. The lowest BCUT2D eigenvalue weighted by Gasteiger charge is -2.27. The Labute approximate surface area is 410 Å². The molecule has 0 aliphatic heterocycles. The first kappa shape index (κ1) is 39.6. The zero-order valence-corrected chi connectivity index (χ0v) is 39.8. The number of hydrogen-bond donors (Lipinski definition) is 0. The van der Waals surface area contributed by atoms with E-state index in [-0.39, 0.29) is 0 Å². The van der Waals surface area contributed by atoms with Gasteiger partial charge in [-0.05, 0) is 144 Å². The van der Waals surface area contributed by atoms with Crippen LogP contribution < -0.4 is 9.80 Å². The molecule has 0 unspecified atom stereocenters. The summed E-state index contributed by atoms with van der Waals surface area (Å²) in [5.74, 6) is 0. The Hall–Kier alpha value is -8.42. The molecule has 0 atom stereocenters. The largest absolute Gasteiger partial charge is 0.454 e. The van der Waals surface area contributed by atoms with Crippen molar-refractivity contribution in [1.82, 2.24) is 0 Å². The average Bonchev–Trinajstić information content (AvgIpc) is 4.16. The predicted octanol–water partition coefficient (Wildman–Crippen LogP) is 20.1. The molecule has 0 amide bonds. The van der Waals surface area contributed by atoms with Crippen LogP contribution in [0.5, 0.6) is 0 Å². The second kappa shape index (κ2) is 15.0. The molecule has 0 aliphatic rings. The molecule has 0 spiro atoms. The van der Waals surface area contributed by atoms with E-state index in [0.29, 0.717) is 0 Å². The maximum Gasteiger partial charge on any atom is 0.159 e. The third-order valence-corrected chi connectivity index (χ3v) is 16.7. The standard InChI is InChI=1S/C64H40N2O2S2/c1-37-13-3-7-19-51(37)65(53-21-11-17-47-45-15-5-9-23-55(45)67-63(47)53)43-27-25-39-33-49-59(35-41(39)31-43)69-57-29-30-58-62(61(49)57)50-34-40-26-28-44(32-42(40)36-60(50)70-58)66(52-20-8-4-14-38(52)2)54-22-12-18-48-46-16-6-10-24-56(46)68-64(48)54/h3-36H,1-2H3. The fourth-order valence-electron chi connectivity index (χ4n) is 11.1. The Morgan fingerprint density at radius 2 is 0.729 bits per heavy atom. The Kier molecular flexibility index (Phi) is 8.50. The fourth-order valence-corrected chi connectivity index (χ4v) is 13.4. The number of rotatable bonds is 6. The fraction of sp³-hybridized carbons (Fsp3) is 0.0312. The van der Waals surface area contributed by atoms with Gasteiger partial charge in [0.25, 0.3) is 0 Å². The topological polar surface area (TPSA) is 32.8 Å². The molecule has 0 bridgehead atoms. The Bertz CT molecular complexity index is 4370. The van der Waals surface area contributed by atoms with Crippen molar-refractivity contribution >= 4 is 163 Å².